The van der Waals surface area contributed by atoms with Crippen LogP contribution in [0.15, 0.2) is 12.3 Å². The number of hydrogen-bond acceptors (Lipinski definition) is 8. The lowest BCUT2D eigenvalue weighted by atomic mass is 10.2. The van der Waals surface area contributed by atoms with Gasteiger partial charge in [-0.05, 0) is 25.8 Å². The highest BCUT2D eigenvalue weighted by Crippen LogP contribution is 2.36. The van der Waals surface area contributed by atoms with Crippen molar-refractivity contribution in [2.45, 2.75) is 50.5 Å². The molecular formula is C19H25N5O5S. The van der Waals surface area contributed by atoms with Gasteiger partial charge < -0.3 is 19.5 Å². The van der Waals surface area contributed by atoms with Gasteiger partial charge in [-0.15, -0.1) is 0 Å². The van der Waals surface area contributed by atoms with E-state index in [-0.39, 0.29) is 23.7 Å². The van der Waals surface area contributed by atoms with E-state index >= 15 is 0 Å². The van der Waals surface area contributed by atoms with Crippen molar-refractivity contribution in [1.82, 2.24) is 20.1 Å². The van der Waals surface area contributed by atoms with Crippen molar-refractivity contribution in [3.63, 3.8) is 0 Å². The molecule has 3 heterocycles. The molecule has 30 heavy (non-hydrogen) atoms. The maximum Gasteiger partial charge on any atom is 0.407 e. The summed E-state index contributed by atoms with van der Waals surface area (Å²) in [5, 5.41) is 10.4. The first-order chi connectivity index (χ1) is 14.3. The number of rotatable bonds is 7. The van der Waals surface area contributed by atoms with Crippen LogP contribution in [0.5, 0.6) is 0 Å². The van der Waals surface area contributed by atoms with Crippen molar-refractivity contribution in [2.75, 3.05) is 19.0 Å². The number of carbonyl (C=O) groups is 2. The third kappa shape index (κ3) is 4.79. The van der Waals surface area contributed by atoms with Gasteiger partial charge in [0.15, 0.2) is 5.13 Å². The molecule has 1 saturated carbocycles. The maximum absolute atomic E-state index is 12.5. The Bertz CT molecular complexity index is 938. The van der Waals surface area contributed by atoms with E-state index < -0.39 is 6.09 Å². The van der Waals surface area contributed by atoms with Crippen LogP contribution in [0.1, 0.15) is 53.3 Å². The van der Waals surface area contributed by atoms with Crippen molar-refractivity contribution < 1.29 is 23.8 Å². The van der Waals surface area contributed by atoms with Crippen LogP contribution >= 0.6 is 11.3 Å². The number of aromatic nitrogens is 3. The van der Waals surface area contributed by atoms with Gasteiger partial charge in [0, 0.05) is 32.3 Å². The minimum Gasteiger partial charge on any atom is -0.444 e. The molecule has 0 aromatic carbocycles. The van der Waals surface area contributed by atoms with Gasteiger partial charge in [0.05, 0.1) is 29.9 Å². The van der Waals surface area contributed by atoms with Crippen molar-refractivity contribution in [3.8, 4) is 0 Å². The molecule has 10 nitrogen and oxygen atoms in total. The number of thiazole rings is 1. The summed E-state index contributed by atoms with van der Waals surface area (Å²) < 4.78 is 17.8. The fourth-order valence-corrected chi connectivity index (χ4v) is 4.10. The van der Waals surface area contributed by atoms with Gasteiger partial charge in [0.1, 0.15) is 11.8 Å². The first kappa shape index (κ1) is 20.8. The van der Waals surface area contributed by atoms with E-state index in [4.69, 9.17) is 14.2 Å². The fraction of sp³-hybridized carbons (Fsp3) is 0.579. The quantitative estimate of drug-likeness (QED) is 0.686. The van der Waals surface area contributed by atoms with Crippen LogP contribution in [0.4, 0.5) is 9.93 Å². The number of amides is 2. The summed E-state index contributed by atoms with van der Waals surface area (Å²) in [5.41, 5.74) is 0.980. The molecule has 2 aromatic rings. The summed E-state index contributed by atoms with van der Waals surface area (Å²) in [6, 6.07) is 1.68. The zero-order chi connectivity index (χ0) is 21.3. The van der Waals surface area contributed by atoms with Crippen molar-refractivity contribution in [3.05, 3.63) is 28.5 Å². The molecular weight excluding hydrogens is 410 g/mol. The minimum absolute atomic E-state index is 0.112. The van der Waals surface area contributed by atoms with Gasteiger partial charge in [0.25, 0.3) is 5.91 Å². The number of ether oxygens (including phenoxy) is 3. The second-order valence-corrected chi connectivity index (χ2v) is 8.93. The Hall–Kier alpha value is -2.50. The number of nitrogens with one attached hydrogen (secondary N) is 2. The first-order valence-electron chi connectivity index (χ1n) is 9.74. The normalized spacial score (nSPS) is 22.0. The van der Waals surface area contributed by atoms with E-state index in [0.717, 1.165) is 17.7 Å². The number of methoxy groups -OCH3 is 1. The van der Waals surface area contributed by atoms with Crippen LogP contribution in [-0.4, -0.2) is 52.1 Å². The topological polar surface area (TPSA) is 117 Å². The molecule has 2 N–H and O–H groups in total. The van der Waals surface area contributed by atoms with Crippen LogP contribution < -0.4 is 10.6 Å². The van der Waals surface area contributed by atoms with Crippen LogP contribution in [0.2, 0.25) is 0 Å². The van der Waals surface area contributed by atoms with E-state index in [2.05, 4.69) is 20.7 Å². The van der Waals surface area contributed by atoms with Gasteiger partial charge in [-0.3, -0.25) is 14.8 Å². The predicted molar refractivity (Wildman–Crippen MR) is 108 cm³/mol. The Balaban J connectivity index is 1.31. The highest BCUT2D eigenvalue weighted by molar-refractivity contribution is 7.15. The minimum atomic E-state index is -0.398. The summed E-state index contributed by atoms with van der Waals surface area (Å²) in [6.07, 6.45) is 3.28. The monoisotopic (exact) mass is 435 g/mol. The zero-order valence-corrected chi connectivity index (χ0v) is 18.0. The Kier molecular flexibility index (Phi) is 5.76. The van der Waals surface area contributed by atoms with Gasteiger partial charge in [0.2, 0.25) is 0 Å². The predicted octanol–water partition coefficient (Wildman–Crippen LogP) is 2.38. The average molecular weight is 436 g/mol. The number of alkyl carbamates (subject to hydrolysis) is 1. The Morgan fingerprint density at radius 3 is 2.97 bits per heavy atom. The Labute approximate surface area is 177 Å². The average Bonchev–Trinajstić information content (AvgIpc) is 3.09. The molecule has 0 spiro atoms. The van der Waals surface area contributed by atoms with Crippen LogP contribution in [0.25, 0.3) is 0 Å². The number of nitrogens with zero attached hydrogens (tertiary/aromatic N) is 3. The third-order valence-corrected chi connectivity index (χ3v) is 6.16. The molecule has 2 aromatic heterocycles. The molecule has 1 aliphatic heterocycles. The van der Waals surface area contributed by atoms with Crippen LogP contribution in [-0.2, 0) is 27.9 Å². The fourth-order valence-electron chi connectivity index (χ4n) is 3.23. The maximum atomic E-state index is 12.5. The zero-order valence-electron chi connectivity index (χ0n) is 17.1. The van der Waals surface area contributed by atoms with Crippen LogP contribution in [0, 0.1) is 0 Å². The summed E-state index contributed by atoms with van der Waals surface area (Å²) in [4.78, 5) is 29.6. The number of carbonyl (C=O) groups excluding carboxylic acids is 2. The Morgan fingerprint density at radius 1 is 1.43 bits per heavy atom. The lowest BCUT2D eigenvalue weighted by Crippen LogP contribution is -2.37. The Morgan fingerprint density at radius 2 is 2.23 bits per heavy atom. The summed E-state index contributed by atoms with van der Waals surface area (Å²) >= 11 is 1.34. The molecule has 0 unspecified atom stereocenters. The van der Waals surface area contributed by atoms with E-state index in [1.807, 2.05) is 6.92 Å². The molecule has 4 rings (SSSR count). The molecule has 11 heteroatoms. The lowest BCUT2D eigenvalue weighted by molar-refractivity contribution is 0.0691. The second kappa shape index (κ2) is 8.32. The van der Waals surface area contributed by atoms with Gasteiger partial charge in [-0.1, -0.05) is 11.3 Å². The molecule has 1 saturated heterocycles. The molecule has 1 aliphatic carbocycles. The molecule has 2 fully saturated rings. The van der Waals surface area contributed by atoms with Gasteiger partial charge in [-0.2, -0.15) is 5.10 Å². The van der Waals surface area contributed by atoms with Crippen molar-refractivity contribution >= 4 is 28.5 Å². The molecule has 2 amide bonds. The third-order valence-electron chi connectivity index (χ3n) is 5.15. The van der Waals surface area contributed by atoms with Crippen LogP contribution in [0.3, 0.4) is 0 Å². The summed E-state index contributed by atoms with van der Waals surface area (Å²) in [7, 11) is 3.28. The largest absolute Gasteiger partial charge is 0.444 e. The highest BCUT2D eigenvalue weighted by atomic mass is 32.1. The van der Waals surface area contributed by atoms with E-state index in [0.29, 0.717) is 36.2 Å². The summed E-state index contributed by atoms with van der Waals surface area (Å²) in [5.74, 6) is -0.299. The van der Waals surface area contributed by atoms with Crippen molar-refractivity contribution in [2.24, 2.45) is 7.05 Å². The molecule has 2 aliphatic rings. The number of anilines is 1. The standard InChI is InChI=1S/C19H25N5O5S/c1-19(4-5-19)22-18(26)29-12-7-14(28-10-12)15-8-20-17(30-15)21-16(25)13-6-11(9-27-3)23-24(13)2/h6,8,12,14H,4-5,7,9-10H2,1-3H3,(H,22,26)(H,20,21,25)/t12-,14-/m1/s1. The van der Waals surface area contributed by atoms with Gasteiger partial charge >= 0.3 is 6.09 Å². The molecule has 162 valence electrons. The number of aryl methyl sites for hydroxylation is 1. The van der Waals surface area contributed by atoms with E-state index in [1.165, 1.54) is 16.0 Å². The van der Waals surface area contributed by atoms with E-state index in [1.54, 1.807) is 26.4 Å². The summed E-state index contributed by atoms with van der Waals surface area (Å²) in [6.45, 7) is 2.67. The molecule has 0 radical (unpaired) electrons. The smallest absolute Gasteiger partial charge is 0.407 e. The van der Waals surface area contributed by atoms with Gasteiger partial charge in [-0.25, -0.2) is 9.78 Å². The molecule has 0 bridgehead atoms. The molecule has 2 atom stereocenters. The van der Waals surface area contributed by atoms with E-state index in [9.17, 15) is 9.59 Å². The van der Waals surface area contributed by atoms with Crippen molar-refractivity contribution in [1.29, 1.82) is 0 Å². The highest BCUT2D eigenvalue weighted by Gasteiger charge is 2.40. The first-order valence-corrected chi connectivity index (χ1v) is 10.6. The second-order valence-electron chi connectivity index (χ2n) is 7.87. The number of hydrogen-bond donors (Lipinski definition) is 2. The SMILES string of the molecule is COCc1cc(C(=O)Nc2ncc([C@H]3C[C@@H](OC(=O)NC4(C)CC4)CO3)s2)n(C)n1. The lowest BCUT2D eigenvalue weighted by Gasteiger charge is -2.15.